The summed E-state index contributed by atoms with van der Waals surface area (Å²) in [4.78, 5) is 28.9. The van der Waals surface area contributed by atoms with Gasteiger partial charge in [-0.25, -0.2) is 4.90 Å². The highest BCUT2D eigenvalue weighted by atomic mass is 16.6. The Balaban J connectivity index is 1.63. The lowest BCUT2D eigenvalue weighted by molar-refractivity contribution is -0.120. The van der Waals surface area contributed by atoms with E-state index in [4.69, 9.17) is 9.47 Å². The van der Waals surface area contributed by atoms with Crippen molar-refractivity contribution in [3.63, 3.8) is 0 Å². The van der Waals surface area contributed by atoms with Crippen LogP contribution >= 0.6 is 0 Å². The van der Waals surface area contributed by atoms with E-state index >= 15 is 0 Å². The lowest BCUT2D eigenvalue weighted by Gasteiger charge is -2.20. The molecule has 2 amide bonds. The Labute approximate surface area is 198 Å². The maximum absolute atomic E-state index is 13.8. The fourth-order valence-corrected chi connectivity index (χ4v) is 4.45. The van der Waals surface area contributed by atoms with Crippen LogP contribution in [0.5, 0.6) is 11.5 Å². The van der Waals surface area contributed by atoms with E-state index in [2.05, 4.69) is 5.32 Å². The normalized spacial score (nSPS) is 15.2. The number of hydrogen-bond donors (Lipinski definition) is 1. The lowest BCUT2D eigenvalue weighted by atomic mass is 9.97. The van der Waals surface area contributed by atoms with Crippen molar-refractivity contribution in [3.05, 3.63) is 88.1 Å². The Bertz CT molecular complexity index is 1370. The molecule has 5 rings (SSSR count). The first kappa shape index (κ1) is 21.8. The Morgan fingerprint density at radius 2 is 1.56 bits per heavy atom. The Kier molecular flexibility index (Phi) is 5.36. The number of carbonyl (C=O) groups excluding carboxylic acids is 2. The second-order valence-corrected chi connectivity index (χ2v) is 8.72. The minimum absolute atomic E-state index is 0.245. The van der Waals surface area contributed by atoms with E-state index in [0.29, 0.717) is 41.7 Å². The maximum atomic E-state index is 13.8. The molecule has 2 aliphatic rings. The van der Waals surface area contributed by atoms with Gasteiger partial charge >= 0.3 is 0 Å². The Morgan fingerprint density at radius 3 is 2.32 bits per heavy atom. The number of ether oxygens (including phenoxy) is 2. The van der Waals surface area contributed by atoms with Gasteiger partial charge in [0.1, 0.15) is 18.9 Å². The summed E-state index contributed by atoms with van der Waals surface area (Å²) in [6.45, 7) is 8.81. The average molecular weight is 455 g/mol. The van der Waals surface area contributed by atoms with Gasteiger partial charge in [0.25, 0.3) is 11.8 Å². The van der Waals surface area contributed by atoms with Crippen molar-refractivity contribution in [2.75, 3.05) is 23.4 Å². The number of nitrogens with zero attached hydrogens (tertiary/aromatic N) is 1. The molecule has 0 fully saturated rings. The number of amides is 2. The first-order valence-corrected chi connectivity index (χ1v) is 11.3. The molecule has 3 aromatic rings. The summed E-state index contributed by atoms with van der Waals surface area (Å²) in [5.41, 5.74) is 6.50. The van der Waals surface area contributed by atoms with Gasteiger partial charge in [0.05, 0.1) is 11.3 Å². The van der Waals surface area contributed by atoms with Gasteiger partial charge < -0.3 is 14.8 Å². The van der Waals surface area contributed by atoms with Crippen LogP contribution in [0.15, 0.2) is 60.3 Å². The van der Waals surface area contributed by atoms with E-state index in [1.54, 1.807) is 12.1 Å². The summed E-state index contributed by atoms with van der Waals surface area (Å²) in [5.74, 6) is 0.536. The third-order valence-electron chi connectivity index (χ3n) is 6.36. The van der Waals surface area contributed by atoms with Crippen molar-refractivity contribution in [1.29, 1.82) is 0 Å². The predicted molar refractivity (Wildman–Crippen MR) is 132 cm³/mol. The predicted octanol–water partition coefficient (Wildman–Crippen LogP) is 5.09. The van der Waals surface area contributed by atoms with Crippen molar-refractivity contribution < 1.29 is 19.1 Å². The van der Waals surface area contributed by atoms with E-state index in [1.807, 2.05) is 70.2 Å². The van der Waals surface area contributed by atoms with Crippen LogP contribution in [0.2, 0.25) is 0 Å². The number of benzene rings is 3. The third kappa shape index (κ3) is 3.61. The van der Waals surface area contributed by atoms with E-state index in [-0.39, 0.29) is 17.5 Å². The first-order valence-electron chi connectivity index (χ1n) is 11.3. The van der Waals surface area contributed by atoms with Crippen molar-refractivity contribution in [2.45, 2.75) is 27.7 Å². The second-order valence-electron chi connectivity index (χ2n) is 8.72. The molecule has 34 heavy (non-hydrogen) atoms. The van der Waals surface area contributed by atoms with Crippen LogP contribution in [-0.4, -0.2) is 25.0 Å². The summed E-state index contributed by atoms with van der Waals surface area (Å²) < 4.78 is 11.3. The molecule has 172 valence electrons. The maximum Gasteiger partial charge on any atom is 0.282 e. The summed E-state index contributed by atoms with van der Waals surface area (Å²) in [6.07, 6.45) is 0. The number of rotatable bonds is 4. The van der Waals surface area contributed by atoms with Gasteiger partial charge in [-0.3, -0.25) is 9.59 Å². The molecular weight excluding hydrogens is 428 g/mol. The number of nitrogens with one attached hydrogen (secondary N) is 1. The monoisotopic (exact) mass is 454 g/mol. The standard InChI is InChI=1S/C28H26N2O4/c1-16-8-10-21(18(3)14-16)25-26(29-20-9-11-23-24(15-20)34-13-12-33-23)28(32)30(27(25)31)22-7-5-6-17(2)19(22)4/h5-11,14-15,29H,12-13H2,1-4H3. The number of anilines is 2. The van der Waals surface area contributed by atoms with Gasteiger partial charge in [-0.05, 0) is 68.1 Å². The SMILES string of the molecule is Cc1ccc(C2=C(Nc3ccc4c(c3)OCCO4)C(=O)N(c3cccc(C)c3C)C2=O)c(C)c1. The van der Waals surface area contributed by atoms with Gasteiger partial charge in [0, 0.05) is 11.8 Å². The van der Waals surface area contributed by atoms with E-state index < -0.39 is 0 Å². The third-order valence-corrected chi connectivity index (χ3v) is 6.36. The molecule has 6 heteroatoms. The molecular formula is C28H26N2O4. The second kappa shape index (κ2) is 8.37. The zero-order valence-electron chi connectivity index (χ0n) is 19.7. The molecule has 0 radical (unpaired) electrons. The van der Waals surface area contributed by atoms with Crippen LogP contribution in [-0.2, 0) is 9.59 Å². The van der Waals surface area contributed by atoms with Crippen LogP contribution in [0.3, 0.4) is 0 Å². The minimum Gasteiger partial charge on any atom is -0.486 e. The molecule has 0 bridgehead atoms. The lowest BCUT2D eigenvalue weighted by Crippen LogP contribution is -2.33. The van der Waals surface area contributed by atoms with E-state index in [1.165, 1.54) is 4.90 Å². The molecule has 0 aromatic heterocycles. The first-order chi connectivity index (χ1) is 16.3. The quantitative estimate of drug-likeness (QED) is 0.557. The summed E-state index contributed by atoms with van der Waals surface area (Å²) >= 11 is 0. The topological polar surface area (TPSA) is 67.9 Å². The van der Waals surface area contributed by atoms with Crippen molar-refractivity contribution >= 4 is 28.8 Å². The Hall–Kier alpha value is -4.06. The number of hydrogen-bond acceptors (Lipinski definition) is 5. The smallest absolute Gasteiger partial charge is 0.282 e. The number of imide groups is 1. The van der Waals surface area contributed by atoms with Gasteiger partial charge in [-0.2, -0.15) is 0 Å². The minimum atomic E-state index is -0.386. The van der Waals surface area contributed by atoms with Crippen LogP contribution < -0.4 is 19.7 Å². The molecule has 0 saturated heterocycles. The Morgan fingerprint density at radius 1 is 0.794 bits per heavy atom. The number of fused-ring (bicyclic) bond motifs is 1. The molecule has 1 N–H and O–H groups in total. The van der Waals surface area contributed by atoms with Gasteiger partial charge in [-0.15, -0.1) is 0 Å². The summed E-state index contributed by atoms with van der Waals surface area (Å²) in [7, 11) is 0. The molecule has 2 aliphatic heterocycles. The molecule has 6 nitrogen and oxygen atoms in total. The fourth-order valence-electron chi connectivity index (χ4n) is 4.45. The van der Waals surface area contributed by atoms with Crippen molar-refractivity contribution in [3.8, 4) is 11.5 Å². The largest absolute Gasteiger partial charge is 0.486 e. The zero-order chi connectivity index (χ0) is 24.0. The molecule has 0 spiro atoms. The highest BCUT2D eigenvalue weighted by Gasteiger charge is 2.41. The fraction of sp³-hybridized carbons (Fsp3) is 0.214. The van der Waals surface area contributed by atoms with Crippen LogP contribution in [0.1, 0.15) is 27.8 Å². The highest BCUT2D eigenvalue weighted by molar-refractivity contribution is 6.46. The van der Waals surface area contributed by atoms with Gasteiger partial charge in [-0.1, -0.05) is 35.9 Å². The number of aryl methyl sites for hydroxylation is 3. The zero-order valence-corrected chi connectivity index (χ0v) is 19.7. The van der Waals surface area contributed by atoms with Crippen molar-refractivity contribution in [1.82, 2.24) is 0 Å². The molecule has 0 aliphatic carbocycles. The summed E-state index contributed by atoms with van der Waals surface area (Å²) in [6, 6.07) is 16.9. The highest BCUT2D eigenvalue weighted by Crippen LogP contribution is 2.38. The summed E-state index contributed by atoms with van der Waals surface area (Å²) in [5, 5.41) is 3.23. The molecule has 3 aromatic carbocycles. The molecule has 0 unspecified atom stereocenters. The molecule has 0 atom stereocenters. The van der Waals surface area contributed by atoms with Crippen LogP contribution in [0.4, 0.5) is 11.4 Å². The van der Waals surface area contributed by atoms with Gasteiger partial charge in [0.15, 0.2) is 11.5 Å². The van der Waals surface area contributed by atoms with Crippen molar-refractivity contribution in [2.24, 2.45) is 0 Å². The van der Waals surface area contributed by atoms with E-state index in [9.17, 15) is 9.59 Å². The molecule has 0 saturated carbocycles. The molecule has 2 heterocycles. The van der Waals surface area contributed by atoms with Gasteiger partial charge in [0.2, 0.25) is 0 Å². The van der Waals surface area contributed by atoms with Crippen LogP contribution in [0, 0.1) is 27.7 Å². The van der Waals surface area contributed by atoms with Crippen LogP contribution in [0.25, 0.3) is 5.57 Å². The number of carbonyl (C=O) groups is 2. The van der Waals surface area contributed by atoms with E-state index in [0.717, 1.165) is 27.8 Å². The average Bonchev–Trinajstić information content (AvgIpc) is 3.05.